The van der Waals surface area contributed by atoms with Gasteiger partial charge >= 0.3 is 0 Å². The van der Waals surface area contributed by atoms with Gasteiger partial charge in [0.15, 0.2) is 0 Å². The third kappa shape index (κ3) is 5.18. The fourth-order valence-electron chi connectivity index (χ4n) is 3.12. The van der Waals surface area contributed by atoms with Gasteiger partial charge in [-0.2, -0.15) is 0 Å². The third-order valence-corrected chi connectivity index (χ3v) is 4.63. The number of nitrogens with zero attached hydrogens (tertiary/aromatic N) is 1. The fraction of sp³-hybridized carbons (Fsp3) is 0.350. The number of likely N-dealkylation sites (tertiary alicyclic amines) is 1. The van der Waals surface area contributed by atoms with Crippen LogP contribution in [0.25, 0.3) is 0 Å². The molecule has 1 aromatic heterocycles. The predicted molar refractivity (Wildman–Crippen MR) is 98.6 cm³/mol. The minimum atomic E-state index is -0.405. The van der Waals surface area contributed by atoms with Crippen LogP contribution in [0, 0.1) is 11.7 Å². The van der Waals surface area contributed by atoms with Crippen LogP contribution in [-0.4, -0.2) is 42.3 Å². The molecule has 3 amide bonds. The van der Waals surface area contributed by atoms with Gasteiger partial charge < -0.3 is 20.0 Å². The highest BCUT2D eigenvalue weighted by atomic mass is 19.1. The molecular formula is C20H22FN3O4. The van der Waals surface area contributed by atoms with Crippen molar-refractivity contribution in [2.24, 2.45) is 5.92 Å². The Balaban J connectivity index is 1.46. The van der Waals surface area contributed by atoms with Crippen LogP contribution < -0.4 is 10.6 Å². The molecule has 1 saturated heterocycles. The lowest BCUT2D eigenvalue weighted by molar-refractivity contribution is -0.129. The van der Waals surface area contributed by atoms with Crippen LogP contribution in [-0.2, 0) is 16.1 Å². The van der Waals surface area contributed by atoms with Crippen LogP contribution in [0.4, 0.5) is 4.39 Å². The van der Waals surface area contributed by atoms with Gasteiger partial charge in [-0.15, -0.1) is 0 Å². The second-order valence-electron chi connectivity index (χ2n) is 6.67. The quantitative estimate of drug-likeness (QED) is 0.789. The lowest BCUT2D eigenvalue weighted by atomic mass is 9.96. The van der Waals surface area contributed by atoms with E-state index in [0.29, 0.717) is 30.7 Å². The van der Waals surface area contributed by atoms with Crippen LogP contribution >= 0.6 is 0 Å². The first kappa shape index (κ1) is 19.6. The molecule has 2 N–H and O–H groups in total. The molecule has 2 aromatic rings. The van der Waals surface area contributed by atoms with Crippen LogP contribution in [0.3, 0.4) is 0 Å². The van der Waals surface area contributed by atoms with Crippen LogP contribution in [0.15, 0.2) is 47.1 Å². The molecule has 0 saturated carbocycles. The number of piperidine rings is 1. The van der Waals surface area contributed by atoms with Gasteiger partial charge in [0.25, 0.3) is 5.91 Å². The Morgan fingerprint density at radius 3 is 2.64 bits per heavy atom. The molecule has 1 fully saturated rings. The summed E-state index contributed by atoms with van der Waals surface area (Å²) < 4.78 is 18.2. The summed E-state index contributed by atoms with van der Waals surface area (Å²) in [6, 6.07) is 8.82. The summed E-state index contributed by atoms with van der Waals surface area (Å²) in [7, 11) is 0. The number of furan rings is 1. The van der Waals surface area contributed by atoms with E-state index in [9.17, 15) is 18.8 Å². The number of carbonyl (C=O) groups excluding carboxylic acids is 3. The second kappa shape index (κ2) is 9.16. The first-order valence-electron chi connectivity index (χ1n) is 9.14. The molecule has 148 valence electrons. The van der Waals surface area contributed by atoms with E-state index in [1.165, 1.54) is 30.5 Å². The summed E-state index contributed by atoms with van der Waals surface area (Å²) in [5.41, 5.74) is 0.389. The molecule has 1 unspecified atom stereocenters. The largest absolute Gasteiger partial charge is 0.467 e. The minimum Gasteiger partial charge on any atom is -0.467 e. The number of hydrogen-bond donors (Lipinski definition) is 2. The van der Waals surface area contributed by atoms with Crippen molar-refractivity contribution in [1.82, 2.24) is 15.5 Å². The summed E-state index contributed by atoms with van der Waals surface area (Å²) in [5.74, 6) is -0.964. The van der Waals surface area contributed by atoms with Crippen molar-refractivity contribution in [1.29, 1.82) is 0 Å². The molecule has 8 heteroatoms. The summed E-state index contributed by atoms with van der Waals surface area (Å²) in [5, 5.41) is 5.27. The molecular weight excluding hydrogens is 365 g/mol. The van der Waals surface area contributed by atoms with Crippen molar-refractivity contribution in [2.45, 2.75) is 19.4 Å². The number of amides is 3. The molecule has 1 aromatic carbocycles. The van der Waals surface area contributed by atoms with Crippen molar-refractivity contribution in [3.63, 3.8) is 0 Å². The zero-order valence-electron chi connectivity index (χ0n) is 15.3. The van der Waals surface area contributed by atoms with E-state index < -0.39 is 5.82 Å². The maximum Gasteiger partial charge on any atom is 0.253 e. The van der Waals surface area contributed by atoms with Gasteiger partial charge in [-0.1, -0.05) is 0 Å². The molecule has 0 bridgehead atoms. The minimum absolute atomic E-state index is 0.137. The topological polar surface area (TPSA) is 91.7 Å². The monoisotopic (exact) mass is 387 g/mol. The smallest absolute Gasteiger partial charge is 0.253 e. The van der Waals surface area contributed by atoms with Crippen molar-refractivity contribution in [2.75, 3.05) is 19.6 Å². The summed E-state index contributed by atoms with van der Waals surface area (Å²) in [6.07, 6.45) is 2.86. The van der Waals surface area contributed by atoms with E-state index in [0.717, 1.165) is 0 Å². The number of carbonyl (C=O) groups is 3. The molecule has 28 heavy (non-hydrogen) atoms. The summed E-state index contributed by atoms with van der Waals surface area (Å²) in [4.78, 5) is 38.4. The van der Waals surface area contributed by atoms with Gasteiger partial charge in [-0.25, -0.2) is 4.39 Å². The molecule has 1 atom stereocenters. The van der Waals surface area contributed by atoms with Crippen LogP contribution in [0.1, 0.15) is 29.0 Å². The Hall–Kier alpha value is -3.16. The van der Waals surface area contributed by atoms with Crippen molar-refractivity contribution in [3.8, 4) is 0 Å². The molecule has 1 aliphatic heterocycles. The fourth-order valence-corrected chi connectivity index (χ4v) is 3.12. The molecule has 0 aliphatic carbocycles. The SMILES string of the molecule is O=C(CNC(=O)C1CCCN(C(=O)c2ccc(F)cc2)C1)NCc1ccco1. The summed E-state index contributed by atoms with van der Waals surface area (Å²) in [6.45, 7) is 0.937. The standard InChI is InChI=1S/C20H22FN3O4/c21-16-7-5-14(6-8-16)20(27)24-9-1-3-15(13-24)19(26)23-12-18(25)22-11-17-4-2-10-28-17/h2,4-8,10,15H,1,3,9,11-13H2,(H,22,25)(H,23,26). The molecule has 7 nitrogen and oxygen atoms in total. The normalized spacial score (nSPS) is 16.5. The predicted octanol–water partition coefficient (Wildman–Crippen LogP) is 1.70. The summed E-state index contributed by atoms with van der Waals surface area (Å²) >= 11 is 0. The van der Waals surface area contributed by atoms with E-state index in [2.05, 4.69) is 10.6 Å². The van der Waals surface area contributed by atoms with Gasteiger partial charge in [-0.3, -0.25) is 14.4 Å². The average molecular weight is 387 g/mol. The number of hydrogen-bond acceptors (Lipinski definition) is 4. The van der Waals surface area contributed by atoms with E-state index in [1.54, 1.807) is 17.0 Å². The van der Waals surface area contributed by atoms with Crippen LogP contribution in [0.5, 0.6) is 0 Å². The van der Waals surface area contributed by atoms with Crippen molar-refractivity contribution >= 4 is 17.7 Å². The molecule has 1 aliphatic rings. The lowest BCUT2D eigenvalue weighted by Gasteiger charge is -2.32. The Morgan fingerprint density at radius 2 is 1.93 bits per heavy atom. The third-order valence-electron chi connectivity index (χ3n) is 4.63. The average Bonchev–Trinajstić information content (AvgIpc) is 3.24. The maximum atomic E-state index is 13.0. The van der Waals surface area contributed by atoms with Crippen LogP contribution in [0.2, 0.25) is 0 Å². The van der Waals surface area contributed by atoms with Gasteiger partial charge in [0.1, 0.15) is 11.6 Å². The lowest BCUT2D eigenvalue weighted by Crippen LogP contribution is -2.47. The Kier molecular flexibility index (Phi) is 6.41. The van der Waals surface area contributed by atoms with E-state index in [-0.39, 0.29) is 43.3 Å². The molecule has 0 spiro atoms. The zero-order chi connectivity index (χ0) is 19.9. The zero-order valence-corrected chi connectivity index (χ0v) is 15.3. The van der Waals surface area contributed by atoms with Gasteiger partial charge in [0.2, 0.25) is 11.8 Å². The molecule has 2 heterocycles. The number of nitrogens with one attached hydrogen (secondary N) is 2. The Labute approximate surface area is 161 Å². The van der Waals surface area contributed by atoms with E-state index in [1.807, 2.05) is 0 Å². The van der Waals surface area contributed by atoms with Crippen molar-refractivity contribution in [3.05, 3.63) is 59.8 Å². The maximum absolute atomic E-state index is 13.0. The first-order chi connectivity index (χ1) is 13.5. The number of benzene rings is 1. The van der Waals surface area contributed by atoms with Gasteiger partial charge in [0.05, 0.1) is 25.3 Å². The van der Waals surface area contributed by atoms with Gasteiger partial charge in [0, 0.05) is 18.7 Å². The molecule has 0 radical (unpaired) electrons. The van der Waals surface area contributed by atoms with E-state index >= 15 is 0 Å². The van der Waals surface area contributed by atoms with Gasteiger partial charge in [-0.05, 0) is 49.2 Å². The number of rotatable bonds is 6. The van der Waals surface area contributed by atoms with E-state index in [4.69, 9.17) is 4.42 Å². The highest BCUT2D eigenvalue weighted by molar-refractivity contribution is 5.94. The first-order valence-corrected chi connectivity index (χ1v) is 9.14. The Bertz CT molecular complexity index is 820. The van der Waals surface area contributed by atoms with Crippen molar-refractivity contribution < 1.29 is 23.2 Å². The highest BCUT2D eigenvalue weighted by Gasteiger charge is 2.29. The Morgan fingerprint density at radius 1 is 1.14 bits per heavy atom. The second-order valence-corrected chi connectivity index (χ2v) is 6.67. The molecule has 3 rings (SSSR count). The highest BCUT2D eigenvalue weighted by Crippen LogP contribution is 2.19. The number of halogens is 1.